The lowest BCUT2D eigenvalue weighted by atomic mass is 9.72. The minimum atomic E-state index is -0.407. The predicted octanol–water partition coefficient (Wildman–Crippen LogP) is 5.62. The van der Waals surface area contributed by atoms with Gasteiger partial charge in [-0.25, -0.2) is 0 Å². The van der Waals surface area contributed by atoms with Gasteiger partial charge in [-0.1, -0.05) is 94.4 Å². The maximum atomic E-state index is 11.3. The highest BCUT2D eigenvalue weighted by Gasteiger charge is 2.32. The summed E-state index contributed by atoms with van der Waals surface area (Å²) in [5, 5.41) is 19.9. The monoisotopic (exact) mass is 397 g/mol. The van der Waals surface area contributed by atoms with Gasteiger partial charge in [-0.3, -0.25) is 0 Å². The van der Waals surface area contributed by atoms with E-state index in [0.717, 1.165) is 16.7 Å². The second-order valence-electron chi connectivity index (χ2n) is 8.69. The molecule has 0 aliphatic rings. The van der Waals surface area contributed by atoms with Crippen LogP contribution in [0.5, 0.6) is 5.75 Å². The third kappa shape index (κ3) is 3.39. The van der Waals surface area contributed by atoms with Crippen LogP contribution in [0.3, 0.4) is 0 Å². The van der Waals surface area contributed by atoms with Crippen LogP contribution in [-0.2, 0) is 10.8 Å². The van der Waals surface area contributed by atoms with Gasteiger partial charge in [-0.15, -0.1) is 4.80 Å². The number of rotatable bonds is 5. The molecule has 0 unspecified atom stereocenters. The zero-order valence-electron chi connectivity index (χ0n) is 17.9. The van der Waals surface area contributed by atoms with E-state index in [1.807, 2.05) is 30.3 Å². The molecular formula is C26H27N3O. The van der Waals surface area contributed by atoms with E-state index < -0.39 is 5.41 Å². The van der Waals surface area contributed by atoms with Crippen molar-refractivity contribution in [1.82, 2.24) is 15.0 Å². The minimum Gasteiger partial charge on any atom is -0.505 e. The quantitative estimate of drug-likeness (QED) is 0.475. The third-order valence-corrected chi connectivity index (χ3v) is 6.11. The first kappa shape index (κ1) is 19.9. The maximum absolute atomic E-state index is 11.3. The van der Waals surface area contributed by atoms with Gasteiger partial charge in [0.15, 0.2) is 0 Å². The first-order valence-electron chi connectivity index (χ1n) is 10.2. The number of aromatic nitrogens is 3. The molecule has 1 heterocycles. The molecule has 0 radical (unpaired) electrons. The van der Waals surface area contributed by atoms with E-state index in [4.69, 9.17) is 0 Å². The number of hydrogen-bond acceptors (Lipinski definition) is 3. The molecule has 152 valence electrons. The SMILES string of the molecule is CC(C)(c1ccccc1)c1cc(-n2nccn2)c(O)c(C(C)(C)c2ccccc2)c1. The molecular weight excluding hydrogens is 370 g/mol. The Labute approximate surface area is 177 Å². The van der Waals surface area contributed by atoms with Crippen molar-refractivity contribution in [3.8, 4) is 11.4 Å². The Bertz CT molecular complexity index is 1130. The Morgan fingerprint density at radius 1 is 0.667 bits per heavy atom. The molecule has 1 N–H and O–H groups in total. The molecule has 1 aromatic heterocycles. The smallest absolute Gasteiger partial charge is 0.147 e. The molecule has 0 saturated heterocycles. The lowest BCUT2D eigenvalue weighted by Crippen LogP contribution is -2.24. The molecule has 0 amide bonds. The van der Waals surface area contributed by atoms with Crippen LogP contribution in [0, 0.1) is 0 Å². The highest BCUT2D eigenvalue weighted by atomic mass is 16.3. The molecule has 0 aliphatic carbocycles. The summed E-state index contributed by atoms with van der Waals surface area (Å²) in [5.74, 6) is 0.202. The number of phenols is 1. The normalized spacial score (nSPS) is 12.1. The average Bonchev–Trinajstić information content (AvgIpc) is 3.29. The van der Waals surface area contributed by atoms with Crippen LogP contribution >= 0.6 is 0 Å². The summed E-state index contributed by atoms with van der Waals surface area (Å²) in [7, 11) is 0. The molecule has 4 rings (SSSR count). The molecule has 30 heavy (non-hydrogen) atoms. The van der Waals surface area contributed by atoms with E-state index in [2.05, 4.69) is 80.4 Å². The fourth-order valence-electron chi connectivity index (χ4n) is 3.98. The highest BCUT2D eigenvalue weighted by molar-refractivity contribution is 5.59. The van der Waals surface area contributed by atoms with Crippen molar-refractivity contribution in [3.05, 3.63) is 107 Å². The van der Waals surface area contributed by atoms with Crippen molar-refractivity contribution in [3.63, 3.8) is 0 Å². The largest absolute Gasteiger partial charge is 0.505 e. The van der Waals surface area contributed by atoms with Crippen LogP contribution in [-0.4, -0.2) is 20.1 Å². The molecule has 0 saturated carbocycles. The van der Waals surface area contributed by atoms with Gasteiger partial charge in [0.05, 0.1) is 12.4 Å². The highest BCUT2D eigenvalue weighted by Crippen LogP contribution is 2.43. The zero-order chi connectivity index (χ0) is 21.4. The number of nitrogens with zero attached hydrogens (tertiary/aromatic N) is 3. The van der Waals surface area contributed by atoms with Crippen LogP contribution in [0.25, 0.3) is 5.69 Å². The first-order chi connectivity index (χ1) is 14.3. The van der Waals surface area contributed by atoms with Gasteiger partial charge < -0.3 is 5.11 Å². The second kappa shape index (κ2) is 7.45. The number of aromatic hydroxyl groups is 1. The van der Waals surface area contributed by atoms with Gasteiger partial charge in [0, 0.05) is 16.4 Å². The predicted molar refractivity (Wildman–Crippen MR) is 120 cm³/mol. The summed E-state index contributed by atoms with van der Waals surface area (Å²) in [4.78, 5) is 1.49. The molecule has 4 nitrogen and oxygen atoms in total. The fourth-order valence-corrected chi connectivity index (χ4v) is 3.98. The number of benzene rings is 3. The summed E-state index contributed by atoms with van der Waals surface area (Å²) >= 11 is 0. The Morgan fingerprint density at radius 3 is 1.70 bits per heavy atom. The number of hydrogen-bond donors (Lipinski definition) is 1. The lowest BCUT2D eigenvalue weighted by Gasteiger charge is -2.32. The summed E-state index contributed by atoms with van der Waals surface area (Å²) < 4.78 is 0. The zero-order valence-corrected chi connectivity index (χ0v) is 17.9. The third-order valence-electron chi connectivity index (χ3n) is 6.11. The summed E-state index contributed by atoms with van der Waals surface area (Å²) in [6.07, 6.45) is 3.24. The standard InChI is InChI=1S/C26H27N3O/c1-25(2,19-11-7-5-8-12-19)21-17-22(26(3,4)20-13-9-6-10-14-20)24(30)23(18-21)29-27-15-16-28-29/h5-18,30H,1-4H3. The van der Waals surface area contributed by atoms with Crippen molar-refractivity contribution in [2.75, 3.05) is 0 Å². The Hall–Kier alpha value is -3.40. The summed E-state index contributed by atoms with van der Waals surface area (Å²) in [5.41, 5.74) is 4.20. The van der Waals surface area contributed by atoms with Crippen molar-refractivity contribution in [2.45, 2.75) is 38.5 Å². The summed E-state index contributed by atoms with van der Waals surface area (Å²) in [6.45, 7) is 8.68. The lowest BCUT2D eigenvalue weighted by molar-refractivity contribution is 0.444. The van der Waals surface area contributed by atoms with E-state index in [-0.39, 0.29) is 11.2 Å². The van der Waals surface area contributed by atoms with E-state index >= 15 is 0 Å². The first-order valence-corrected chi connectivity index (χ1v) is 10.2. The average molecular weight is 398 g/mol. The van der Waals surface area contributed by atoms with Gasteiger partial charge >= 0.3 is 0 Å². The molecule has 4 heteroatoms. The molecule has 0 atom stereocenters. The van der Waals surface area contributed by atoms with Crippen LogP contribution < -0.4 is 0 Å². The van der Waals surface area contributed by atoms with Crippen molar-refractivity contribution in [2.24, 2.45) is 0 Å². The molecule has 0 fully saturated rings. The topological polar surface area (TPSA) is 50.9 Å². The molecule has 0 spiro atoms. The van der Waals surface area contributed by atoms with Crippen molar-refractivity contribution in [1.29, 1.82) is 0 Å². The molecule has 0 bridgehead atoms. The fraction of sp³-hybridized carbons (Fsp3) is 0.231. The second-order valence-corrected chi connectivity index (χ2v) is 8.69. The Morgan fingerprint density at radius 2 is 1.17 bits per heavy atom. The van der Waals surface area contributed by atoms with Crippen molar-refractivity contribution >= 4 is 0 Å². The van der Waals surface area contributed by atoms with Crippen LogP contribution in [0.4, 0.5) is 0 Å². The van der Waals surface area contributed by atoms with Crippen molar-refractivity contribution < 1.29 is 5.11 Å². The van der Waals surface area contributed by atoms with Gasteiger partial charge in [0.25, 0.3) is 0 Å². The van der Waals surface area contributed by atoms with E-state index in [1.165, 1.54) is 10.4 Å². The van der Waals surface area contributed by atoms with Gasteiger partial charge in [-0.2, -0.15) is 10.2 Å². The molecule has 4 aromatic rings. The van der Waals surface area contributed by atoms with Crippen LogP contribution in [0.2, 0.25) is 0 Å². The van der Waals surface area contributed by atoms with Crippen LogP contribution in [0.1, 0.15) is 49.9 Å². The number of phenolic OH excluding ortho intramolecular Hbond substituents is 1. The van der Waals surface area contributed by atoms with E-state index in [1.54, 1.807) is 12.4 Å². The maximum Gasteiger partial charge on any atom is 0.147 e. The Kier molecular flexibility index (Phi) is 4.94. The van der Waals surface area contributed by atoms with Gasteiger partial charge in [-0.05, 0) is 22.8 Å². The van der Waals surface area contributed by atoms with Crippen LogP contribution in [0.15, 0.2) is 85.2 Å². The Balaban J connectivity index is 1.97. The summed E-state index contributed by atoms with van der Waals surface area (Å²) in [6, 6.07) is 24.8. The molecule has 3 aromatic carbocycles. The van der Waals surface area contributed by atoms with E-state index in [9.17, 15) is 5.11 Å². The van der Waals surface area contributed by atoms with Gasteiger partial charge in [0.2, 0.25) is 0 Å². The minimum absolute atomic E-state index is 0.202. The molecule has 0 aliphatic heterocycles. The van der Waals surface area contributed by atoms with Gasteiger partial charge in [0.1, 0.15) is 11.4 Å². The van der Waals surface area contributed by atoms with E-state index in [0.29, 0.717) is 5.69 Å².